The first-order valence-electron chi connectivity index (χ1n) is 9.68. The molecule has 0 aliphatic heterocycles. The van der Waals surface area contributed by atoms with Crippen LogP contribution in [0.15, 0.2) is 67.3 Å². The minimum atomic E-state index is -1.03. The van der Waals surface area contributed by atoms with Crippen molar-refractivity contribution in [1.29, 1.82) is 0 Å². The predicted octanol–water partition coefficient (Wildman–Crippen LogP) is 6.17. The second kappa shape index (κ2) is 9.63. The Hall–Kier alpha value is -3.05. The maximum absolute atomic E-state index is 14.4. The summed E-state index contributed by atoms with van der Waals surface area (Å²) in [5, 5.41) is 9.53. The maximum atomic E-state index is 14.4. The molecule has 1 atom stereocenters. The van der Waals surface area contributed by atoms with Crippen LogP contribution in [0, 0.1) is 17.5 Å². The first kappa shape index (κ1) is 21.7. The van der Waals surface area contributed by atoms with E-state index in [9.17, 15) is 18.3 Å². The van der Waals surface area contributed by atoms with Gasteiger partial charge in [0.15, 0.2) is 11.6 Å². The van der Waals surface area contributed by atoms with Crippen LogP contribution in [-0.4, -0.2) is 11.7 Å². The molecular weight excluding hydrogens is 389 g/mol. The Kier molecular flexibility index (Phi) is 6.95. The van der Waals surface area contributed by atoms with Crippen molar-refractivity contribution in [2.45, 2.75) is 25.9 Å². The lowest BCUT2D eigenvalue weighted by molar-refractivity contribution is 0.199. The lowest BCUT2D eigenvalue weighted by Crippen LogP contribution is -2.00. The zero-order valence-corrected chi connectivity index (χ0v) is 16.7. The van der Waals surface area contributed by atoms with Crippen molar-refractivity contribution in [2.24, 2.45) is 0 Å². The van der Waals surface area contributed by atoms with Crippen molar-refractivity contribution in [1.82, 2.24) is 0 Å². The van der Waals surface area contributed by atoms with E-state index in [1.54, 1.807) is 31.2 Å². The number of aryl methyl sites for hydroxylation is 2. The van der Waals surface area contributed by atoms with Gasteiger partial charge in [0.25, 0.3) is 0 Å². The molecule has 3 rings (SSSR count). The number of ether oxygens (including phenoxy) is 1. The van der Waals surface area contributed by atoms with Crippen LogP contribution in [-0.2, 0) is 12.8 Å². The minimum absolute atomic E-state index is 0.0900. The Morgan fingerprint density at radius 2 is 1.70 bits per heavy atom. The number of benzene rings is 3. The zero-order chi connectivity index (χ0) is 21.7. The van der Waals surface area contributed by atoms with E-state index < -0.39 is 17.7 Å². The van der Waals surface area contributed by atoms with Crippen LogP contribution >= 0.6 is 0 Å². The number of halogens is 3. The van der Waals surface area contributed by atoms with Crippen LogP contribution in [0.25, 0.3) is 11.1 Å². The van der Waals surface area contributed by atoms with Gasteiger partial charge in [-0.2, -0.15) is 4.39 Å². The van der Waals surface area contributed by atoms with E-state index in [1.807, 2.05) is 12.1 Å². The molecule has 3 aromatic rings. The summed E-state index contributed by atoms with van der Waals surface area (Å²) in [4.78, 5) is 0. The highest BCUT2D eigenvalue weighted by molar-refractivity contribution is 5.65. The lowest BCUT2D eigenvalue weighted by atomic mass is 9.98. The van der Waals surface area contributed by atoms with Gasteiger partial charge in [0.2, 0.25) is 5.82 Å². The standard InChI is InChI=1S/C25H23F3O2/c1-3-14-30-23-13-12-21(24(27)25(23)28)18-7-4-17(5-8-18)6-9-19-10-11-20(16(2)29)15-22(19)26/h3-5,7-8,10-13,15-16,29H,1,6,9,14H2,2H3. The van der Waals surface area contributed by atoms with Gasteiger partial charge in [0.05, 0.1) is 6.10 Å². The van der Waals surface area contributed by atoms with E-state index in [0.29, 0.717) is 29.5 Å². The van der Waals surface area contributed by atoms with Crippen molar-refractivity contribution >= 4 is 0 Å². The highest BCUT2D eigenvalue weighted by Crippen LogP contribution is 2.30. The number of hydrogen-bond donors (Lipinski definition) is 1. The van der Waals surface area contributed by atoms with Crippen LogP contribution < -0.4 is 4.74 Å². The van der Waals surface area contributed by atoms with Crippen molar-refractivity contribution in [3.05, 3.63) is 101 Å². The van der Waals surface area contributed by atoms with E-state index in [-0.39, 0.29) is 23.7 Å². The smallest absolute Gasteiger partial charge is 0.201 e. The maximum Gasteiger partial charge on any atom is 0.201 e. The Labute approximate surface area is 174 Å². The molecular formula is C25H23F3O2. The average molecular weight is 412 g/mol. The van der Waals surface area contributed by atoms with Crippen LogP contribution in [0.3, 0.4) is 0 Å². The monoisotopic (exact) mass is 412 g/mol. The van der Waals surface area contributed by atoms with Crippen LogP contribution in [0.4, 0.5) is 13.2 Å². The third kappa shape index (κ3) is 4.92. The summed E-state index contributed by atoms with van der Waals surface area (Å²) in [6.07, 6.45) is 1.83. The molecule has 2 nitrogen and oxygen atoms in total. The lowest BCUT2D eigenvalue weighted by Gasteiger charge is -2.10. The first-order valence-corrected chi connectivity index (χ1v) is 9.68. The van der Waals surface area contributed by atoms with Gasteiger partial charge in [-0.15, -0.1) is 0 Å². The number of rotatable bonds is 8. The number of aliphatic hydroxyl groups excluding tert-OH is 1. The fourth-order valence-corrected chi connectivity index (χ4v) is 3.17. The largest absolute Gasteiger partial charge is 0.486 e. The summed E-state index contributed by atoms with van der Waals surface area (Å²) in [5.74, 6) is -2.50. The fourth-order valence-electron chi connectivity index (χ4n) is 3.17. The molecule has 0 bridgehead atoms. The van der Waals surface area contributed by atoms with Gasteiger partial charge in [0.1, 0.15) is 12.4 Å². The molecule has 0 aromatic heterocycles. The van der Waals surface area contributed by atoms with Crippen molar-refractivity contribution in [3.8, 4) is 16.9 Å². The first-order chi connectivity index (χ1) is 14.4. The Bertz CT molecular complexity index is 1030. The molecule has 0 spiro atoms. The van der Waals surface area contributed by atoms with Gasteiger partial charge in [0, 0.05) is 5.56 Å². The Balaban J connectivity index is 1.71. The van der Waals surface area contributed by atoms with Crippen LogP contribution in [0.5, 0.6) is 5.75 Å². The molecule has 1 unspecified atom stereocenters. The van der Waals surface area contributed by atoms with Crippen molar-refractivity contribution in [3.63, 3.8) is 0 Å². The molecule has 1 N–H and O–H groups in total. The summed E-state index contributed by atoms with van der Waals surface area (Å²) < 4.78 is 47.9. The molecule has 0 saturated carbocycles. The minimum Gasteiger partial charge on any atom is -0.486 e. The number of aliphatic hydroxyl groups is 1. The summed E-state index contributed by atoms with van der Waals surface area (Å²) in [6, 6.07) is 14.7. The zero-order valence-electron chi connectivity index (χ0n) is 16.7. The highest BCUT2D eigenvalue weighted by atomic mass is 19.2. The van der Waals surface area contributed by atoms with Crippen molar-refractivity contribution in [2.75, 3.05) is 6.61 Å². The SMILES string of the molecule is C=CCOc1ccc(-c2ccc(CCc3ccc(C(C)O)cc3F)cc2)c(F)c1F. The third-order valence-corrected chi connectivity index (χ3v) is 4.91. The van der Waals surface area contributed by atoms with Gasteiger partial charge in [-0.1, -0.05) is 49.1 Å². The molecule has 0 heterocycles. The van der Waals surface area contributed by atoms with Gasteiger partial charge in [-0.25, -0.2) is 8.78 Å². The highest BCUT2D eigenvalue weighted by Gasteiger charge is 2.15. The number of hydrogen-bond acceptors (Lipinski definition) is 2. The summed E-state index contributed by atoms with van der Waals surface area (Å²) in [6.45, 7) is 5.16. The van der Waals surface area contributed by atoms with E-state index in [0.717, 1.165) is 5.56 Å². The van der Waals surface area contributed by atoms with E-state index in [4.69, 9.17) is 4.74 Å². The Morgan fingerprint density at radius 3 is 2.33 bits per heavy atom. The van der Waals surface area contributed by atoms with E-state index in [2.05, 4.69) is 6.58 Å². The molecule has 0 aliphatic rings. The second-order valence-corrected chi connectivity index (χ2v) is 7.06. The van der Waals surface area contributed by atoms with Gasteiger partial charge in [-0.05, 0) is 60.2 Å². The topological polar surface area (TPSA) is 29.5 Å². The quantitative estimate of drug-likeness (QED) is 0.448. The third-order valence-electron chi connectivity index (χ3n) is 4.91. The predicted molar refractivity (Wildman–Crippen MR) is 112 cm³/mol. The summed E-state index contributed by atoms with van der Waals surface area (Å²) in [7, 11) is 0. The van der Waals surface area contributed by atoms with Crippen molar-refractivity contribution < 1.29 is 23.0 Å². The molecule has 0 amide bonds. The molecule has 156 valence electrons. The average Bonchev–Trinajstić information content (AvgIpc) is 2.74. The molecule has 3 aromatic carbocycles. The van der Waals surface area contributed by atoms with Gasteiger partial charge >= 0.3 is 0 Å². The molecule has 0 fully saturated rings. The Morgan fingerprint density at radius 1 is 0.967 bits per heavy atom. The van der Waals surface area contributed by atoms with Crippen LogP contribution in [0.1, 0.15) is 29.7 Å². The van der Waals surface area contributed by atoms with Gasteiger partial charge < -0.3 is 9.84 Å². The molecule has 0 radical (unpaired) electrons. The summed E-state index contributed by atoms with van der Waals surface area (Å²) in [5.41, 5.74) is 2.73. The van der Waals surface area contributed by atoms with Gasteiger partial charge in [-0.3, -0.25) is 0 Å². The normalized spacial score (nSPS) is 11.9. The van der Waals surface area contributed by atoms with Crippen LogP contribution in [0.2, 0.25) is 0 Å². The summed E-state index contributed by atoms with van der Waals surface area (Å²) >= 11 is 0. The second-order valence-electron chi connectivity index (χ2n) is 7.06. The van der Waals surface area contributed by atoms with E-state index in [1.165, 1.54) is 24.3 Å². The molecule has 0 saturated heterocycles. The van der Waals surface area contributed by atoms with E-state index >= 15 is 0 Å². The molecule has 30 heavy (non-hydrogen) atoms. The fraction of sp³-hybridized carbons (Fsp3) is 0.200. The molecule has 5 heteroatoms. The molecule has 0 aliphatic carbocycles.